The summed E-state index contributed by atoms with van der Waals surface area (Å²) in [5, 5.41) is 7.09. The number of rotatable bonds is 8. The van der Waals surface area contributed by atoms with Crippen LogP contribution in [-0.2, 0) is 23.1 Å². The lowest BCUT2D eigenvalue weighted by molar-refractivity contribution is 0.0950. The number of amides is 1. The molecule has 174 valence electrons. The van der Waals surface area contributed by atoms with Crippen LogP contribution in [0.4, 0.5) is 5.69 Å². The summed E-state index contributed by atoms with van der Waals surface area (Å²) in [6.07, 6.45) is 3.65. The number of carbonyl (C=O) groups is 1. The maximum absolute atomic E-state index is 12.9. The lowest BCUT2D eigenvalue weighted by atomic mass is 10.1. The molecule has 4 aromatic rings. The second kappa shape index (κ2) is 9.93. The largest absolute Gasteiger partial charge is 0.348 e. The molecule has 0 unspecified atom stereocenters. The number of anilines is 1. The second-order valence-electron chi connectivity index (χ2n) is 8.10. The van der Waals surface area contributed by atoms with E-state index in [1.165, 1.54) is 12.1 Å². The van der Waals surface area contributed by atoms with Crippen LogP contribution in [0.2, 0.25) is 0 Å². The van der Waals surface area contributed by atoms with Crippen molar-refractivity contribution in [3.8, 4) is 0 Å². The molecule has 0 fully saturated rings. The van der Waals surface area contributed by atoms with Crippen molar-refractivity contribution >= 4 is 21.6 Å². The Morgan fingerprint density at radius 3 is 2.35 bits per heavy atom. The normalized spacial score (nSPS) is 11.2. The minimum atomic E-state index is -3.84. The zero-order chi connectivity index (χ0) is 24.1. The third-order valence-electron chi connectivity index (χ3n) is 5.53. The van der Waals surface area contributed by atoms with Gasteiger partial charge in [-0.3, -0.25) is 14.2 Å². The van der Waals surface area contributed by atoms with Crippen molar-refractivity contribution in [3.05, 3.63) is 113 Å². The highest BCUT2D eigenvalue weighted by molar-refractivity contribution is 7.92. The molecule has 0 bridgehead atoms. The first-order valence-electron chi connectivity index (χ1n) is 10.8. The fourth-order valence-corrected chi connectivity index (χ4v) is 4.68. The Morgan fingerprint density at radius 1 is 0.912 bits per heavy atom. The molecule has 8 heteroatoms. The molecule has 0 atom stereocenters. The number of hydrogen-bond donors (Lipinski definition) is 2. The molecule has 2 N–H and O–H groups in total. The Labute approximate surface area is 199 Å². The minimum Gasteiger partial charge on any atom is -0.348 e. The van der Waals surface area contributed by atoms with E-state index in [1.807, 2.05) is 60.3 Å². The van der Waals surface area contributed by atoms with E-state index in [9.17, 15) is 13.2 Å². The third-order valence-corrected chi connectivity index (χ3v) is 6.90. The molecule has 0 spiro atoms. The van der Waals surface area contributed by atoms with Crippen LogP contribution in [0.25, 0.3) is 0 Å². The van der Waals surface area contributed by atoms with Gasteiger partial charge in [0.1, 0.15) is 0 Å². The van der Waals surface area contributed by atoms with Crippen LogP contribution < -0.4 is 10.0 Å². The van der Waals surface area contributed by atoms with Gasteiger partial charge in [0.25, 0.3) is 15.9 Å². The molecule has 0 saturated carbocycles. The van der Waals surface area contributed by atoms with Gasteiger partial charge in [-0.25, -0.2) is 8.42 Å². The van der Waals surface area contributed by atoms with Crippen LogP contribution in [-0.4, -0.2) is 24.1 Å². The number of para-hydroxylation sites is 1. The molecule has 1 heterocycles. The molecule has 0 aliphatic carbocycles. The van der Waals surface area contributed by atoms with Crippen molar-refractivity contribution < 1.29 is 13.2 Å². The number of nitrogens with one attached hydrogen (secondary N) is 2. The lowest BCUT2D eigenvalue weighted by Gasteiger charge is -2.13. The van der Waals surface area contributed by atoms with Crippen molar-refractivity contribution in [3.63, 3.8) is 0 Å². The number of aromatic nitrogens is 2. The Balaban J connectivity index is 1.44. The van der Waals surface area contributed by atoms with Crippen molar-refractivity contribution in [1.29, 1.82) is 0 Å². The van der Waals surface area contributed by atoms with Gasteiger partial charge in [0.15, 0.2) is 0 Å². The average Bonchev–Trinajstić information content (AvgIpc) is 3.33. The summed E-state index contributed by atoms with van der Waals surface area (Å²) in [6.45, 7) is 4.62. The zero-order valence-corrected chi connectivity index (χ0v) is 19.8. The average molecular weight is 475 g/mol. The molecule has 34 heavy (non-hydrogen) atoms. The van der Waals surface area contributed by atoms with Crippen molar-refractivity contribution in [2.75, 3.05) is 4.72 Å². The summed E-state index contributed by atoms with van der Waals surface area (Å²) in [7, 11) is -3.84. The Hall–Kier alpha value is -3.91. The minimum absolute atomic E-state index is 0.0366. The first kappa shape index (κ1) is 23.3. The van der Waals surface area contributed by atoms with E-state index >= 15 is 0 Å². The van der Waals surface area contributed by atoms with Gasteiger partial charge >= 0.3 is 0 Å². The first-order valence-corrected chi connectivity index (χ1v) is 12.3. The van der Waals surface area contributed by atoms with Gasteiger partial charge in [0.05, 0.1) is 17.1 Å². The summed E-state index contributed by atoms with van der Waals surface area (Å²) in [4.78, 5) is 12.9. The summed E-state index contributed by atoms with van der Waals surface area (Å²) in [5.41, 5.74) is 4.38. The van der Waals surface area contributed by atoms with E-state index in [2.05, 4.69) is 15.1 Å². The standard InChI is InChI=1S/C26H26N4O3S/c1-19-8-13-23(34(32,33)29-25-7-4-3-6-20(25)2)16-24(19)26(31)27-17-21-9-11-22(12-10-21)18-30-15-5-14-28-30/h3-16,29H,17-18H2,1-2H3,(H,27,31). The Kier molecular flexibility index (Phi) is 6.79. The van der Waals surface area contributed by atoms with E-state index in [-0.39, 0.29) is 10.8 Å². The number of sulfonamides is 1. The monoisotopic (exact) mass is 474 g/mol. The zero-order valence-electron chi connectivity index (χ0n) is 19.0. The van der Waals surface area contributed by atoms with Crippen molar-refractivity contribution in [2.24, 2.45) is 0 Å². The summed E-state index contributed by atoms with van der Waals surface area (Å²) in [5.74, 6) is -0.328. The molecular formula is C26H26N4O3S. The topological polar surface area (TPSA) is 93.1 Å². The molecule has 0 saturated heterocycles. The van der Waals surface area contributed by atoms with Crippen LogP contribution in [0.5, 0.6) is 0 Å². The molecule has 7 nitrogen and oxygen atoms in total. The molecule has 1 aromatic heterocycles. The number of carbonyl (C=O) groups excluding carboxylic acids is 1. The molecule has 4 rings (SSSR count). The van der Waals surface area contributed by atoms with Crippen LogP contribution in [0.1, 0.15) is 32.6 Å². The molecule has 0 aliphatic rings. The van der Waals surface area contributed by atoms with Crippen molar-refractivity contribution in [2.45, 2.75) is 31.8 Å². The summed E-state index contributed by atoms with van der Waals surface area (Å²) in [6, 6.07) is 21.5. The quantitative estimate of drug-likeness (QED) is 0.399. The summed E-state index contributed by atoms with van der Waals surface area (Å²) < 4.78 is 30.3. The maximum atomic E-state index is 12.9. The van der Waals surface area contributed by atoms with E-state index in [4.69, 9.17) is 0 Å². The second-order valence-corrected chi connectivity index (χ2v) is 9.78. The van der Waals surface area contributed by atoms with Gasteiger partial charge in [-0.15, -0.1) is 0 Å². The smallest absolute Gasteiger partial charge is 0.261 e. The predicted molar refractivity (Wildman–Crippen MR) is 132 cm³/mol. The van der Waals surface area contributed by atoms with E-state index < -0.39 is 10.0 Å². The molecule has 1 amide bonds. The highest BCUT2D eigenvalue weighted by Crippen LogP contribution is 2.21. The van der Waals surface area contributed by atoms with Gasteiger partial charge in [0, 0.05) is 24.5 Å². The number of hydrogen-bond acceptors (Lipinski definition) is 4. The first-order chi connectivity index (χ1) is 16.3. The lowest BCUT2D eigenvalue weighted by Crippen LogP contribution is -2.24. The highest BCUT2D eigenvalue weighted by Gasteiger charge is 2.19. The number of aryl methyl sites for hydroxylation is 2. The third kappa shape index (κ3) is 5.52. The van der Waals surface area contributed by atoms with Crippen molar-refractivity contribution in [1.82, 2.24) is 15.1 Å². The van der Waals surface area contributed by atoms with Crippen LogP contribution >= 0.6 is 0 Å². The van der Waals surface area contributed by atoms with Gasteiger partial charge in [-0.05, 0) is 60.4 Å². The van der Waals surface area contributed by atoms with Gasteiger partial charge in [-0.2, -0.15) is 5.10 Å². The van der Waals surface area contributed by atoms with Crippen LogP contribution in [0.15, 0.2) is 90.1 Å². The van der Waals surface area contributed by atoms with Gasteiger partial charge < -0.3 is 5.32 Å². The van der Waals surface area contributed by atoms with Gasteiger partial charge in [-0.1, -0.05) is 48.5 Å². The van der Waals surface area contributed by atoms with E-state index in [0.29, 0.717) is 29.9 Å². The number of nitrogens with zero attached hydrogens (tertiary/aromatic N) is 2. The molecule has 0 radical (unpaired) electrons. The van der Waals surface area contributed by atoms with Crippen LogP contribution in [0.3, 0.4) is 0 Å². The Bertz CT molecular complexity index is 1400. The van der Waals surface area contributed by atoms with E-state index in [0.717, 1.165) is 16.7 Å². The Morgan fingerprint density at radius 2 is 1.65 bits per heavy atom. The highest BCUT2D eigenvalue weighted by atomic mass is 32.2. The number of benzene rings is 3. The molecule has 3 aromatic carbocycles. The fraction of sp³-hybridized carbons (Fsp3) is 0.154. The van der Waals surface area contributed by atoms with Crippen LogP contribution in [0, 0.1) is 13.8 Å². The maximum Gasteiger partial charge on any atom is 0.261 e. The molecule has 0 aliphatic heterocycles. The molecular weight excluding hydrogens is 448 g/mol. The predicted octanol–water partition coefficient (Wildman–Crippen LogP) is 4.28. The summed E-state index contributed by atoms with van der Waals surface area (Å²) >= 11 is 0. The fourth-order valence-electron chi connectivity index (χ4n) is 3.53. The van der Waals surface area contributed by atoms with E-state index in [1.54, 1.807) is 31.3 Å². The van der Waals surface area contributed by atoms with Gasteiger partial charge in [0.2, 0.25) is 0 Å². The SMILES string of the molecule is Cc1ccccc1NS(=O)(=O)c1ccc(C)c(C(=O)NCc2ccc(Cn3cccn3)cc2)c1.